The first-order valence-electron chi connectivity index (χ1n) is 6.55. The van der Waals surface area contributed by atoms with Crippen LogP contribution in [-0.2, 0) is 0 Å². The molecule has 0 saturated heterocycles. The molecule has 1 N–H and O–H groups in total. The summed E-state index contributed by atoms with van der Waals surface area (Å²) in [5.74, 6) is -1.03. The van der Waals surface area contributed by atoms with Crippen LogP contribution in [-0.4, -0.2) is 10.9 Å². The van der Waals surface area contributed by atoms with Gasteiger partial charge in [-0.15, -0.1) is 0 Å². The van der Waals surface area contributed by atoms with Crippen LogP contribution in [0, 0.1) is 6.92 Å². The van der Waals surface area contributed by atoms with E-state index in [1.54, 1.807) is 12.1 Å². The number of hydrogen-bond donors (Lipinski definition) is 1. The van der Waals surface area contributed by atoms with Gasteiger partial charge in [0.15, 0.2) is 5.78 Å². The summed E-state index contributed by atoms with van der Waals surface area (Å²) in [6.07, 6.45) is 1.29. The number of aromatic hydroxyl groups is 1. The molecule has 0 fully saturated rings. The van der Waals surface area contributed by atoms with Crippen LogP contribution in [0.5, 0.6) is 5.75 Å². The van der Waals surface area contributed by atoms with Crippen molar-refractivity contribution in [2.45, 2.75) is 6.92 Å². The van der Waals surface area contributed by atoms with Crippen LogP contribution in [0.1, 0.15) is 27.2 Å². The molecule has 0 amide bonds. The van der Waals surface area contributed by atoms with Crippen LogP contribution in [0.25, 0.3) is 12.2 Å². The Morgan fingerprint density at radius 1 is 1.22 bits per heavy atom. The third-order valence-corrected chi connectivity index (χ3v) is 2.91. The van der Waals surface area contributed by atoms with Gasteiger partial charge in [-0.2, -0.15) is 8.78 Å². The highest BCUT2D eigenvalue weighted by molar-refractivity contribution is 6.08. The first-order chi connectivity index (χ1) is 10.9. The molecule has 0 unspecified atom stereocenters. The number of ketones is 1. The van der Waals surface area contributed by atoms with Gasteiger partial charge in [0, 0.05) is 12.1 Å². The standard InChI is InChI=1S/C17H12F2O4/c1-10-7-14(21)16(17(22)23-10)13(20)6-5-11-3-2-4-12(8-11)9-15(18)19/h2-9,21H,1H3/b6-5+. The summed E-state index contributed by atoms with van der Waals surface area (Å²) in [6.45, 7) is 1.47. The van der Waals surface area contributed by atoms with Gasteiger partial charge in [0.25, 0.3) is 6.08 Å². The van der Waals surface area contributed by atoms with Crippen LogP contribution < -0.4 is 5.63 Å². The molecular weight excluding hydrogens is 306 g/mol. The second-order valence-electron chi connectivity index (χ2n) is 4.71. The van der Waals surface area contributed by atoms with Crippen LogP contribution >= 0.6 is 0 Å². The van der Waals surface area contributed by atoms with Crippen molar-refractivity contribution in [1.29, 1.82) is 0 Å². The van der Waals surface area contributed by atoms with Crippen LogP contribution in [0.15, 0.2) is 51.7 Å². The predicted octanol–water partition coefficient (Wildman–Crippen LogP) is 3.79. The zero-order chi connectivity index (χ0) is 17.0. The van der Waals surface area contributed by atoms with Gasteiger partial charge in [0.2, 0.25) is 0 Å². The lowest BCUT2D eigenvalue weighted by molar-refractivity contribution is 0.104. The molecule has 2 rings (SSSR count). The van der Waals surface area contributed by atoms with Crippen LogP contribution in [0.4, 0.5) is 8.78 Å². The number of benzene rings is 1. The van der Waals surface area contributed by atoms with Crippen molar-refractivity contribution in [1.82, 2.24) is 0 Å². The van der Waals surface area contributed by atoms with E-state index in [0.29, 0.717) is 11.6 Å². The lowest BCUT2D eigenvalue weighted by Gasteiger charge is -2.00. The number of halogens is 2. The minimum absolute atomic E-state index is 0.181. The highest BCUT2D eigenvalue weighted by Crippen LogP contribution is 2.17. The number of hydrogen-bond acceptors (Lipinski definition) is 4. The van der Waals surface area contributed by atoms with Crippen molar-refractivity contribution in [3.63, 3.8) is 0 Å². The van der Waals surface area contributed by atoms with Crippen LogP contribution in [0.2, 0.25) is 0 Å². The van der Waals surface area contributed by atoms with E-state index < -0.39 is 28.8 Å². The molecule has 2 aromatic rings. The fraction of sp³-hybridized carbons (Fsp3) is 0.0588. The Morgan fingerprint density at radius 2 is 1.91 bits per heavy atom. The SMILES string of the molecule is Cc1cc(O)c(C(=O)/C=C/c2cccc(C=C(F)F)c2)c(=O)o1. The molecule has 23 heavy (non-hydrogen) atoms. The minimum atomic E-state index is -1.83. The fourth-order valence-electron chi connectivity index (χ4n) is 1.96. The van der Waals surface area contributed by atoms with Crippen LogP contribution in [0.3, 0.4) is 0 Å². The molecule has 1 heterocycles. The summed E-state index contributed by atoms with van der Waals surface area (Å²) in [5.41, 5.74) is -0.646. The van der Waals surface area contributed by atoms with E-state index in [-0.39, 0.29) is 11.3 Å². The largest absolute Gasteiger partial charge is 0.507 e. The maximum Gasteiger partial charge on any atom is 0.351 e. The molecule has 6 heteroatoms. The van der Waals surface area contributed by atoms with Gasteiger partial charge in [0.05, 0.1) is 0 Å². The smallest absolute Gasteiger partial charge is 0.351 e. The highest BCUT2D eigenvalue weighted by atomic mass is 19.3. The third-order valence-electron chi connectivity index (χ3n) is 2.91. The Morgan fingerprint density at radius 3 is 2.57 bits per heavy atom. The fourth-order valence-corrected chi connectivity index (χ4v) is 1.96. The Balaban J connectivity index is 2.29. The Labute approximate surface area is 130 Å². The molecule has 0 spiro atoms. The molecule has 118 valence electrons. The second kappa shape index (κ2) is 6.83. The number of carbonyl (C=O) groups excluding carboxylic acids is 1. The molecule has 0 bridgehead atoms. The van der Waals surface area contributed by atoms with Gasteiger partial charge in [0.1, 0.15) is 17.1 Å². The molecule has 1 aromatic heterocycles. The van der Waals surface area contributed by atoms with Crippen molar-refractivity contribution < 1.29 is 23.1 Å². The molecule has 0 saturated carbocycles. The summed E-state index contributed by atoms with van der Waals surface area (Å²) < 4.78 is 29.2. The molecule has 4 nitrogen and oxygen atoms in total. The summed E-state index contributed by atoms with van der Waals surface area (Å²) in [4.78, 5) is 23.6. The number of aryl methyl sites for hydroxylation is 1. The maximum atomic E-state index is 12.2. The lowest BCUT2D eigenvalue weighted by Crippen LogP contribution is -2.12. The van der Waals surface area contributed by atoms with E-state index in [4.69, 9.17) is 4.42 Å². The van der Waals surface area contributed by atoms with Crippen molar-refractivity contribution in [3.8, 4) is 5.75 Å². The van der Waals surface area contributed by atoms with Crippen molar-refractivity contribution >= 4 is 17.9 Å². The maximum absolute atomic E-state index is 12.2. The molecule has 1 aromatic carbocycles. The van der Waals surface area contributed by atoms with Gasteiger partial charge in [-0.3, -0.25) is 4.79 Å². The molecule has 0 aliphatic carbocycles. The highest BCUT2D eigenvalue weighted by Gasteiger charge is 2.15. The third kappa shape index (κ3) is 4.23. The summed E-state index contributed by atoms with van der Waals surface area (Å²) in [6, 6.07) is 7.25. The quantitative estimate of drug-likeness (QED) is 0.688. The Bertz CT molecular complexity index is 859. The minimum Gasteiger partial charge on any atom is -0.507 e. The van der Waals surface area contributed by atoms with Gasteiger partial charge >= 0.3 is 5.63 Å². The molecule has 0 aliphatic rings. The lowest BCUT2D eigenvalue weighted by atomic mass is 10.1. The summed E-state index contributed by atoms with van der Waals surface area (Å²) in [5, 5.41) is 9.68. The average Bonchev–Trinajstić information content (AvgIpc) is 2.43. The first kappa shape index (κ1) is 16.4. The van der Waals surface area contributed by atoms with E-state index in [9.17, 15) is 23.5 Å². The number of allylic oxidation sites excluding steroid dienone is 1. The first-order valence-corrected chi connectivity index (χ1v) is 6.55. The molecular formula is C17H12F2O4. The zero-order valence-electron chi connectivity index (χ0n) is 12.0. The van der Waals surface area contributed by atoms with E-state index in [2.05, 4.69) is 0 Å². The second-order valence-corrected chi connectivity index (χ2v) is 4.71. The predicted molar refractivity (Wildman–Crippen MR) is 81.4 cm³/mol. The van der Waals surface area contributed by atoms with Crippen molar-refractivity contribution in [2.24, 2.45) is 0 Å². The summed E-state index contributed by atoms with van der Waals surface area (Å²) >= 11 is 0. The number of rotatable bonds is 4. The Hall–Kier alpha value is -3.02. The van der Waals surface area contributed by atoms with Crippen molar-refractivity contribution in [2.75, 3.05) is 0 Å². The van der Waals surface area contributed by atoms with E-state index >= 15 is 0 Å². The monoisotopic (exact) mass is 318 g/mol. The normalized spacial score (nSPS) is 10.7. The van der Waals surface area contributed by atoms with Gasteiger partial charge in [-0.05, 0) is 30.2 Å². The average molecular weight is 318 g/mol. The van der Waals surface area contributed by atoms with Gasteiger partial charge < -0.3 is 9.52 Å². The van der Waals surface area contributed by atoms with Gasteiger partial charge in [-0.25, -0.2) is 4.79 Å². The van der Waals surface area contributed by atoms with Gasteiger partial charge in [-0.1, -0.05) is 24.3 Å². The zero-order valence-corrected chi connectivity index (χ0v) is 12.0. The molecule has 0 aliphatic heterocycles. The summed E-state index contributed by atoms with van der Waals surface area (Å²) in [7, 11) is 0. The molecule has 0 radical (unpaired) electrons. The van der Waals surface area contributed by atoms with E-state index in [1.807, 2.05) is 0 Å². The number of carbonyl (C=O) groups is 1. The van der Waals surface area contributed by atoms with Crippen molar-refractivity contribution in [3.05, 3.63) is 75.4 Å². The van der Waals surface area contributed by atoms with E-state index in [1.165, 1.54) is 25.1 Å². The molecule has 0 atom stereocenters. The Kier molecular flexibility index (Phi) is 4.85. The van der Waals surface area contributed by atoms with E-state index in [0.717, 1.165) is 12.1 Å². The topological polar surface area (TPSA) is 67.5 Å².